The molecular weight excluding hydrogens is 648 g/mol. The smallest absolute Gasteiger partial charge is 0.107 e. The maximum atomic E-state index is 10.6. The van der Waals surface area contributed by atoms with E-state index in [1.165, 1.54) is 18.3 Å². The summed E-state index contributed by atoms with van der Waals surface area (Å²) in [6.45, 7) is 0. The van der Waals surface area contributed by atoms with E-state index in [-0.39, 0.29) is 0 Å². The summed E-state index contributed by atoms with van der Waals surface area (Å²) < 4.78 is 7.26. The molecule has 0 radical (unpaired) electrons. The number of hydrogen-bond donors (Lipinski definition) is 2. The molecule has 6 aromatic heterocycles. The lowest BCUT2D eigenvalue weighted by Crippen LogP contribution is -1.96. The molecule has 0 spiro atoms. The molecule has 2 unspecified atom stereocenters. The standard InChI is InChI=1S/C16H12O2S4.C6H2Br2S2/c17-13(9-1-3-19-5-9)11-7-21-16-12(8-22-15(11)16)14(18)10-2-4-20-6-10;7-3-1-9-6-4(8)2-10-5(3)6/h1-8,13-14,17-18H;1-2H. The van der Waals surface area contributed by atoms with Crippen LogP contribution in [0.4, 0.5) is 0 Å². The largest absolute Gasteiger partial charge is 0.384 e. The van der Waals surface area contributed by atoms with Crippen molar-refractivity contribution >= 4 is 119 Å². The van der Waals surface area contributed by atoms with E-state index in [2.05, 4.69) is 42.6 Å². The quantitative estimate of drug-likeness (QED) is 0.197. The average molecular weight is 663 g/mol. The number of halogens is 2. The van der Waals surface area contributed by atoms with Crippen LogP contribution in [0, 0.1) is 0 Å². The maximum absolute atomic E-state index is 10.6. The molecule has 6 heterocycles. The maximum Gasteiger partial charge on any atom is 0.107 e. The molecule has 0 bridgehead atoms. The normalized spacial score (nSPS) is 13.4. The molecule has 0 aromatic carbocycles. The van der Waals surface area contributed by atoms with Crippen LogP contribution >= 0.6 is 99.9 Å². The molecule has 6 aromatic rings. The van der Waals surface area contributed by atoms with Gasteiger partial charge in [-0.2, -0.15) is 22.7 Å². The summed E-state index contributed by atoms with van der Waals surface area (Å²) in [5, 5.41) is 37.3. The summed E-state index contributed by atoms with van der Waals surface area (Å²) in [6.07, 6.45) is -1.19. The second-order valence-corrected chi connectivity index (χ2v) is 13.6. The lowest BCUT2D eigenvalue weighted by Gasteiger charge is -2.07. The van der Waals surface area contributed by atoms with Crippen molar-refractivity contribution in [1.29, 1.82) is 0 Å². The van der Waals surface area contributed by atoms with Crippen LogP contribution in [0.25, 0.3) is 18.8 Å². The fourth-order valence-electron chi connectivity index (χ4n) is 3.22. The molecule has 0 saturated carbocycles. The van der Waals surface area contributed by atoms with Gasteiger partial charge in [-0.05, 0) is 87.4 Å². The Morgan fingerprint density at radius 3 is 1.34 bits per heavy atom. The van der Waals surface area contributed by atoms with Crippen LogP contribution in [0.5, 0.6) is 0 Å². The number of aliphatic hydroxyl groups is 2. The highest BCUT2D eigenvalue weighted by atomic mass is 79.9. The van der Waals surface area contributed by atoms with Gasteiger partial charge in [0.1, 0.15) is 12.2 Å². The number of fused-ring (bicyclic) bond motifs is 2. The molecule has 6 rings (SSSR count). The van der Waals surface area contributed by atoms with E-state index in [0.717, 1.165) is 31.7 Å². The van der Waals surface area contributed by atoms with Crippen molar-refractivity contribution < 1.29 is 10.2 Å². The Hall–Kier alpha value is -0.400. The van der Waals surface area contributed by atoms with Gasteiger partial charge in [-0.25, -0.2) is 0 Å². The lowest BCUT2D eigenvalue weighted by atomic mass is 10.1. The van der Waals surface area contributed by atoms with Gasteiger partial charge < -0.3 is 10.2 Å². The third kappa shape index (κ3) is 4.47. The van der Waals surface area contributed by atoms with E-state index in [4.69, 9.17) is 0 Å². The Balaban J connectivity index is 0.000000180. The topological polar surface area (TPSA) is 40.5 Å². The van der Waals surface area contributed by atoms with E-state index in [1.54, 1.807) is 68.0 Å². The van der Waals surface area contributed by atoms with E-state index in [9.17, 15) is 10.2 Å². The highest BCUT2D eigenvalue weighted by molar-refractivity contribution is 9.11. The van der Waals surface area contributed by atoms with Crippen molar-refractivity contribution in [2.24, 2.45) is 0 Å². The number of thiophene rings is 6. The van der Waals surface area contributed by atoms with Crippen LogP contribution in [0.1, 0.15) is 34.5 Å². The third-order valence-corrected chi connectivity index (χ3v) is 13.0. The summed E-state index contributed by atoms with van der Waals surface area (Å²) in [4.78, 5) is 0. The number of rotatable bonds is 4. The Bertz CT molecular complexity index is 1330. The SMILES string of the molecule is Brc1csc2c(Br)csc12.OC(c1ccsc1)c1csc2c(C(O)c3ccsc3)csc12. The first-order chi connectivity index (χ1) is 15.5. The minimum atomic E-state index is -0.593. The molecule has 2 nitrogen and oxygen atoms in total. The average Bonchev–Trinajstić information content (AvgIpc) is 3.61. The Labute approximate surface area is 225 Å². The van der Waals surface area contributed by atoms with Gasteiger partial charge in [0.25, 0.3) is 0 Å². The van der Waals surface area contributed by atoms with Crippen LogP contribution in [-0.2, 0) is 0 Å². The van der Waals surface area contributed by atoms with Crippen molar-refractivity contribution in [1.82, 2.24) is 0 Å². The molecule has 0 aliphatic heterocycles. The van der Waals surface area contributed by atoms with Crippen molar-refractivity contribution in [2.75, 3.05) is 0 Å². The highest BCUT2D eigenvalue weighted by Crippen LogP contribution is 2.43. The van der Waals surface area contributed by atoms with Crippen molar-refractivity contribution in [3.63, 3.8) is 0 Å². The fourth-order valence-corrected chi connectivity index (χ4v) is 10.7. The molecule has 10 heteroatoms. The number of hydrogen-bond acceptors (Lipinski definition) is 8. The Morgan fingerprint density at radius 2 is 0.969 bits per heavy atom. The second-order valence-electron chi connectivity index (χ2n) is 6.78. The van der Waals surface area contributed by atoms with Gasteiger partial charge >= 0.3 is 0 Å². The minimum Gasteiger partial charge on any atom is -0.384 e. The first kappa shape index (κ1) is 23.3. The zero-order valence-corrected chi connectivity index (χ0v) is 24.1. The zero-order valence-electron chi connectivity index (χ0n) is 16.0. The van der Waals surface area contributed by atoms with Crippen LogP contribution in [0.2, 0.25) is 0 Å². The van der Waals surface area contributed by atoms with E-state index in [0.29, 0.717) is 0 Å². The molecule has 0 amide bonds. The first-order valence-corrected chi connectivity index (χ1v) is 16.2. The van der Waals surface area contributed by atoms with E-state index < -0.39 is 12.2 Å². The molecule has 0 fully saturated rings. The third-order valence-electron chi connectivity index (χ3n) is 4.85. The Morgan fingerprint density at radius 1 is 0.562 bits per heavy atom. The predicted molar refractivity (Wildman–Crippen MR) is 152 cm³/mol. The second kappa shape index (κ2) is 10.1. The van der Waals surface area contributed by atoms with Crippen LogP contribution in [0.15, 0.2) is 64.1 Å². The van der Waals surface area contributed by atoms with Gasteiger partial charge in [0.15, 0.2) is 0 Å². The van der Waals surface area contributed by atoms with Crippen LogP contribution in [-0.4, -0.2) is 10.2 Å². The van der Waals surface area contributed by atoms with Crippen LogP contribution < -0.4 is 0 Å². The van der Waals surface area contributed by atoms with Gasteiger partial charge in [0.05, 0.1) is 18.8 Å². The fraction of sp³-hybridized carbons (Fsp3) is 0.0909. The van der Waals surface area contributed by atoms with Crippen molar-refractivity contribution in [2.45, 2.75) is 12.2 Å². The molecule has 32 heavy (non-hydrogen) atoms. The molecule has 0 aliphatic carbocycles. The van der Waals surface area contributed by atoms with Gasteiger partial charge in [-0.3, -0.25) is 0 Å². The van der Waals surface area contributed by atoms with Gasteiger partial charge in [0.2, 0.25) is 0 Å². The molecule has 2 atom stereocenters. The molecule has 0 saturated heterocycles. The molecular formula is C22H14Br2O2S6. The first-order valence-electron chi connectivity index (χ1n) is 9.23. The predicted octanol–water partition coefficient (Wildman–Crippen LogP) is 9.74. The van der Waals surface area contributed by atoms with Crippen molar-refractivity contribution in [3.05, 3.63) is 86.4 Å². The van der Waals surface area contributed by atoms with E-state index >= 15 is 0 Å². The summed E-state index contributed by atoms with van der Waals surface area (Å²) >= 11 is 16.9. The number of aliphatic hydroxyl groups excluding tert-OH is 2. The minimum absolute atomic E-state index is 0.593. The summed E-state index contributed by atoms with van der Waals surface area (Å²) in [6, 6.07) is 3.90. The van der Waals surface area contributed by atoms with Gasteiger partial charge in [0, 0.05) is 30.8 Å². The summed E-state index contributed by atoms with van der Waals surface area (Å²) in [5.41, 5.74) is 3.73. The van der Waals surface area contributed by atoms with Gasteiger partial charge in [-0.1, -0.05) is 0 Å². The summed E-state index contributed by atoms with van der Waals surface area (Å²) in [7, 11) is 0. The molecule has 0 aliphatic rings. The zero-order chi connectivity index (χ0) is 22.2. The summed E-state index contributed by atoms with van der Waals surface area (Å²) in [5.74, 6) is 0. The van der Waals surface area contributed by atoms with Gasteiger partial charge in [-0.15, -0.1) is 45.3 Å². The van der Waals surface area contributed by atoms with E-state index in [1.807, 2.05) is 44.4 Å². The molecule has 164 valence electrons. The lowest BCUT2D eigenvalue weighted by molar-refractivity contribution is 0.222. The molecule has 2 N–H and O–H groups in total. The van der Waals surface area contributed by atoms with Crippen molar-refractivity contribution in [3.8, 4) is 0 Å². The monoisotopic (exact) mass is 660 g/mol. The Kier molecular flexibility index (Phi) is 7.35. The van der Waals surface area contributed by atoms with Crippen LogP contribution in [0.3, 0.4) is 0 Å². The highest BCUT2D eigenvalue weighted by Gasteiger charge is 2.22.